The minimum atomic E-state index is -0.142. The number of carbonyl (C=O) groups is 1. The summed E-state index contributed by atoms with van der Waals surface area (Å²) in [5.74, 6) is 0.124. The summed E-state index contributed by atoms with van der Waals surface area (Å²) in [5.41, 5.74) is 5.70. The van der Waals surface area contributed by atoms with Crippen molar-refractivity contribution in [1.29, 1.82) is 0 Å². The van der Waals surface area contributed by atoms with E-state index in [2.05, 4.69) is 25.1 Å². The van der Waals surface area contributed by atoms with E-state index < -0.39 is 0 Å². The SMILES string of the molecule is CCCCn1c(SCC(=O)N(c2ccccc2)c2ccccc2)nc2c(c1=O)C1(CCCCC1)Cc1ccccc1-2. The Morgan fingerprint density at radius 3 is 2.20 bits per heavy atom. The molecular formula is C35H37N3O2S. The van der Waals surface area contributed by atoms with Gasteiger partial charge in [0.1, 0.15) is 0 Å². The third-order valence-corrected chi connectivity index (χ3v) is 9.58. The number of anilines is 2. The van der Waals surface area contributed by atoms with Gasteiger partial charge in [-0.1, -0.05) is 105 Å². The van der Waals surface area contributed by atoms with E-state index in [0.29, 0.717) is 11.7 Å². The number of hydrogen-bond acceptors (Lipinski definition) is 4. The Kier molecular flexibility index (Phi) is 8.11. The highest BCUT2D eigenvalue weighted by molar-refractivity contribution is 7.99. The lowest BCUT2D eigenvalue weighted by atomic mass is 9.62. The Balaban J connectivity index is 1.41. The number of thioether (sulfide) groups is 1. The summed E-state index contributed by atoms with van der Waals surface area (Å²) in [6, 6.07) is 27.9. The van der Waals surface area contributed by atoms with Gasteiger partial charge in [-0.3, -0.25) is 19.1 Å². The molecule has 6 rings (SSSR count). The number of benzene rings is 3. The van der Waals surface area contributed by atoms with Gasteiger partial charge in [-0.15, -0.1) is 0 Å². The summed E-state index contributed by atoms with van der Waals surface area (Å²) in [4.78, 5) is 35.3. The predicted molar refractivity (Wildman–Crippen MR) is 168 cm³/mol. The van der Waals surface area contributed by atoms with Crippen molar-refractivity contribution in [3.8, 4) is 11.3 Å². The van der Waals surface area contributed by atoms with Crippen LogP contribution >= 0.6 is 11.8 Å². The predicted octanol–water partition coefficient (Wildman–Crippen LogP) is 7.93. The molecule has 1 saturated carbocycles. The highest BCUT2D eigenvalue weighted by Gasteiger charge is 2.43. The Hall–Kier alpha value is -3.64. The first-order valence-corrected chi connectivity index (χ1v) is 15.9. The molecule has 1 heterocycles. The van der Waals surface area contributed by atoms with Crippen LogP contribution in [0.25, 0.3) is 11.3 Å². The van der Waals surface area contributed by atoms with Crippen LogP contribution in [-0.4, -0.2) is 21.2 Å². The molecule has 0 atom stereocenters. The number of rotatable bonds is 8. The van der Waals surface area contributed by atoms with Crippen molar-refractivity contribution in [3.63, 3.8) is 0 Å². The maximum atomic E-state index is 14.5. The summed E-state index contributed by atoms with van der Waals surface area (Å²) in [7, 11) is 0. The van der Waals surface area contributed by atoms with Gasteiger partial charge >= 0.3 is 0 Å². The number of para-hydroxylation sites is 2. The molecule has 41 heavy (non-hydrogen) atoms. The zero-order valence-electron chi connectivity index (χ0n) is 23.7. The van der Waals surface area contributed by atoms with Gasteiger partial charge in [-0.2, -0.15) is 0 Å². The van der Waals surface area contributed by atoms with E-state index in [1.54, 1.807) is 4.90 Å². The van der Waals surface area contributed by atoms with Crippen LogP contribution in [0.2, 0.25) is 0 Å². The molecule has 3 aromatic carbocycles. The van der Waals surface area contributed by atoms with Crippen LogP contribution in [0.1, 0.15) is 63.0 Å². The van der Waals surface area contributed by atoms with Crippen molar-refractivity contribution in [3.05, 3.63) is 106 Å². The molecule has 0 radical (unpaired) electrons. The van der Waals surface area contributed by atoms with Gasteiger partial charge in [0, 0.05) is 28.9 Å². The topological polar surface area (TPSA) is 55.2 Å². The van der Waals surface area contributed by atoms with E-state index in [4.69, 9.17) is 4.98 Å². The van der Waals surface area contributed by atoms with Crippen LogP contribution in [0.3, 0.4) is 0 Å². The second-order valence-corrected chi connectivity index (χ2v) is 12.2. The van der Waals surface area contributed by atoms with Crippen LogP contribution < -0.4 is 10.5 Å². The number of amides is 1. The molecular weight excluding hydrogens is 526 g/mol. The van der Waals surface area contributed by atoms with Gasteiger partial charge in [-0.25, -0.2) is 4.98 Å². The van der Waals surface area contributed by atoms with E-state index in [1.807, 2.05) is 71.3 Å². The quantitative estimate of drug-likeness (QED) is 0.161. The fraction of sp³-hybridized carbons (Fsp3) is 0.343. The van der Waals surface area contributed by atoms with Crippen LogP contribution in [0.15, 0.2) is 94.9 Å². The van der Waals surface area contributed by atoms with Gasteiger partial charge in [0.25, 0.3) is 5.56 Å². The Morgan fingerprint density at radius 2 is 1.54 bits per heavy atom. The zero-order chi connectivity index (χ0) is 28.2. The second kappa shape index (κ2) is 12.1. The van der Waals surface area contributed by atoms with Crippen LogP contribution in [0.5, 0.6) is 0 Å². The number of carbonyl (C=O) groups excluding carboxylic acids is 1. The highest BCUT2D eigenvalue weighted by Crippen LogP contribution is 2.48. The van der Waals surface area contributed by atoms with Gasteiger partial charge < -0.3 is 0 Å². The maximum Gasteiger partial charge on any atom is 0.258 e. The third kappa shape index (κ3) is 5.38. The smallest absolute Gasteiger partial charge is 0.258 e. The van der Waals surface area contributed by atoms with Crippen LogP contribution in [0, 0.1) is 0 Å². The average molecular weight is 564 g/mol. The van der Waals surface area contributed by atoms with Crippen molar-refractivity contribution in [2.75, 3.05) is 10.7 Å². The van der Waals surface area contributed by atoms with E-state index in [0.717, 1.165) is 73.1 Å². The molecule has 0 unspecified atom stereocenters. The third-order valence-electron chi connectivity index (χ3n) is 8.61. The van der Waals surface area contributed by atoms with Gasteiger partial charge in [-0.05, 0) is 55.5 Å². The molecule has 1 amide bonds. The van der Waals surface area contributed by atoms with Crippen molar-refractivity contribution < 1.29 is 4.79 Å². The first-order chi connectivity index (χ1) is 20.1. The second-order valence-electron chi connectivity index (χ2n) is 11.3. The Bertz CT molecular complexity index is 1540. The van der Waals surface area contributed by atoms with Crippen LogP contribution in [0.4, 0.5) is 11.4 Å². The number of hydrogen-bond donors (Lipinski definition) is 0. The molecule has 5 nitrogen and oxygen atoms in total. The van der Waals surface area contributed by atoms with E-state index >= 15 is 0 Å². The minimum absolute atomic E-state index is 0.0504. The van der Waals surface area contributed by atoms with Crippen molar-refractivity contribution in [2.24, 2.45) is 0 Å². The van der Waals surface area contributed by atoms with Crippen molar-refractivity contribution >= 4 is 29.0 Å². The molecule has 4 aromatic rings. The minimum Gasteiger partial charge on any atom is -0.287 e. The first kappa shape index (κ1) is 27.5. The maximum absolute atomic E-state index is 14.5. The average Bonchev–Trinajstić information content (AvgIpc) is 3.01. The molecule has 0 bridgehead atoms. The largest absolute Gasteiger partial charge is 0.287 e. The van der Waals surface area contributed by atoms with E-state index in [-0.39, 0.29) is 22.6 Å². The van der Waals surface area contributed by atoms with E-state index in [9.17, 15) is 9.59 Å². The number of nitrogens with zero attached hydrogens (tertiary/aromatic N) is 3. The molecule has 210 valence electrons. The zero-order valence-corrected chi connectivity index (χ0v) is 24.5. The first-order valence-electron chi connectivity index (χ1n) is 14.9. The molecule has 0 N–H and O–H groups in total. The van der Waals surface area contributed by atoms with Crippen molar-refractivity contribution in [1.82, 2.24) is 9.55 Å². The molecule has 2 aliphatic carbocycles. The lowest BCUT2D eigenvalue weighted by Gasteiger charge is -2.42. The number of unbranched alkanes of at least 4 members (excludes halogenated alkanes) is 1. The summed E-state index contributed by atoms with van der Waals surface area (Å²) in [6.45, 7) is 2.76. The Labute approximate surface area is 246 Å². The molecule has 0 aliphatic heterocycles. The number of fused-ring (bicyclic) bond motifs is 4. The lowest BCUT2D eigenvalue weighted by Crippen LogP contribution is -2.43. The summed E-state index contributed by atoms with van der Waals surface area (Å²) in [6.07, 6.45) is 8.38. The summed E-state index contributed by atoms with van der Waals surface area (Å²) < 4.78 is 1.87. The monoisotopic (exact) mass is 563 g/mol. The van der Waals surface area contributed by atoms with Gasteiger partial charge in [0.15, 0.2) is 5.16 Å². The fourth-order valence-corrected chi connectivity index (χ4v) is 7.49. The number of aromatic nitrogens is 2. The fourth-order valence-electron chi connectivity index (χ4n) is 6.63. The highest BCUT2D eigenvalue weighted by atomic mass is 32.2. The van der Waals surface area contributed by atoms with E-state index in [1.165, 1.54) is 23.7 Å². The molecule has 1 spiro atoms. The van der Waals surface area contributed by atoms with Gasteiger partial charge in [0.05, 0.1) is 17.0 Å². The van der Waals surface area contributed by atoms with Crippen molar-refractivity contribution in [2.45, 2.75) is 75.4 Å². The summed E-state index contributed by atoms with van der Waals surface area (Å²) in [5, 5.41) is 0.638. The Morgan fingerprint density at radius 1 is 0.902 bits per heavy atom. The normalized spacial score (nSPS) is 15.2. The van der Waals surface area contributed by atoms with Gasteiger partial charge in [0.2, 0.25) is 5.91 Å². The molecule has 1 fully saturated rings. The molecule has 2 aliphatic rings. The standard InChI is InChI=1S/C35H37N3O2S/c1-2-3-23-37-33(40)31-32(29-20-12-11-15-26(29)24-35(31)21-13-6-14-22-35)36-34(37)41-25-30(39)38(27-16-7-4-8-17-27)28-18-9-5-10-19-28/h4-5,7-12,15-20H,2-3,6,13-14,21-25H2,1H3. The summed E-state index contributed by atoms with van der Waals surface area (Å²) >= 11 is 1.38. The van der Waals surface area contributed by atoms with Crippen LogP contribution in [-0.2, 0) is 23.2 Å². The molecule has 1 aromatic heterocycles. The molecule has 6 heteroatoms. The lowest BCUT2D eigenvalue weighted by molar-refractivity contribution is -0.115. The molecule has 0 saturated heterocycles.